The Morgan fingerprint density at radius 3 is 1.31 bits per heavy atom. The van der Waals surface area contributed by atoms with Gasteiger partial charge >= 0.3 is 0 Å². The van der Waals surface area contributed by atoms with Crippen LogP contribution in [0.15, 0.2) is 84.9 Å². The van der Waals surface area contributed by atoms with E-state index in [0.29, 0.717) is 16.8 Å². The molecule has 6 rings (SSSR count). The molecule has 0 N–H and O–H groups in total. The van der Waals surface area contributed by atoms with E-state index in [4.69, 9.17) is 23.1 Å². The Morgan fingerprint density at radius 1 is 0.469 bits per heavy atom. The van der Waals surface area contributed by atoms with Gasteiger partial charge in [-0.15, -0.1) is 0 Å². The average molecular weight is 406 g/mol. The van der Waals surface area contributed by atoms with Gasteiger partial charge < -0.3 is 0 Å². The summed E-state index contributed by atoms with van der Waals surface area (Å²) in [6.45, 7) is 15.2. The third-order valence-electron chi connectivity index (χ3n) is 5.86. The van der Waals surface area contributed by atoms with Crippen molar-refractivity contribution in [2.45, 2.75) is 0 Å². The highest BCUT2D eigenvalue weighted by Gasteiger charge is 2.28. The number of aromatic nitrogens is 2. The molecule has 4 nitrogen and oxygen atoms in total. The lowest BCUT2D eigenvalue weighted by Gasteiger charge is -2.12. The van der Waals surface area contributed by atoms with Crippen molar-refractivity contribution in [2.75, 3.05) is 0 Å². The predicted octanol–water partition coefficient (Wildman–Crippen LogP) is 7.71. The minimum atomic E-state index is 0.482. The largest absolute Gasteiger partial charge is 0.243 e. The summed E-state index contributed by atoms with van der Waals surface area (Å²) in [5.41, 5.74) is 8.02. The summed E-state index contributed by atoms with van der Waals surface area (Å²) in [4.78, 5) is 17.6. The van der Waals surface area contributed by atoms with Gasteiger partial charge in [0.1, 0.15) is 0 Å². The molecule has 4 aromatic carbocycles. The molecule has 32 heavy (non-hydrogen) atoms. The van der Waals surface area contributed by atoms with Crippen molar-refractivity contribution >= 4 is 22.1 Å². The van der Waals surface area contributed by atoms with Crippen LogP contribution in [0.4, 0.5) is 11.4 Å². The molecule has 0 spiro atoms. The highest BCUT2D eigenvalue weighted by Crippen LogP contribution is 2.51. The van der Waals surface area contributed by atoms with Crippen LogP contribution in [-0.4, -0.2) is 9.97 Å². The van der Waals surface area contributed by atoms with Gasteiger partial charge in [-0.3, -0.25) is 0 Å². The van der Waals surface area contributed by atoms with E-state index in [9.17, 15) is 0 Å². The summed E-state index contributed by atoms with van der Waals surface area (Å²) in [5, 5.41) is 1.58. The van der Waals surface area contributed by atoms with Crippen molar-refractivity contribution in [3.63, 3.8) is 0 Å². The Morgan fingerprint density at radius 2 is 0.906 bits per heavy atom. The zero-order valence-electron chi connectivity index (χ0n) is 16.9. The first-order valence-electron chi connectivity index (χ1n) is 10.2. The normalized spacial score (nSPS) is 11.1. The predicted molar refractivity (Wildman–Crippen MR) is 127 cm³/mol. The van der Waals surface area contributed by atoms with Crippen LogP contribution in [0.1, 0.15) is 0 Å². The van der Waals surface area contributed by atoms with E-state index in [0.717, 1.165) is 50.4 Å². The average Bonchev–Trinajstić information content (AvgIpc) is 3.18. The molecular formula is C28H14N4. The second kappa shape index (κ2) is 6.87. The van der Waals surface area contributed by atoms with E-state index in [-0.39, 0.29) is 0 Å². The third kappa shape index (κ3) is 2.48. The van der Waals surface area contributed by atoms with Crippen LogP contribution in [0, 0.1) is 13.1 Å². The molecule has 1 aromatic heterocycles. The Hall–Kier alpha value is -4.80. The highest BCUT2D eigenvalue weighted by molar-refractivity contribution is 6.21. The molecule has 0 amide bonds. The number of rotatable bonds is 2. The Kier molecular flexibility index (Phi) is 3.87. The van der Waals surface area contributed by atoms with Crippen molar-refractivity contribution in [2.24, 2.45) is 0 Å². The van der Waals surface area contributed by atoms with Crippen LogP contribution in [0.5, 0.6) is 0 Å². The SMILES string of the molecule is [C-]#[N+]c1ccc2c3c(ccc([N+]#[C-])c13)-c1nc(-c3ccccc3)c(-c3ccccc3)nc1-2. The number of fused-ring (bicyclic) bond motifs is 3. The maximum absolute atomic E-state index is 7.60. The van der Waals surface area contributed by atoms with Crippen molar-refractivity contribution in [3.05, 3.63) is 108 Å². The molecule has 5 aromatic rings. The van der Waals surface area contributed by atoms with Crippen molar-refractivity contribution < 1.29 is 0 Å². The van der Waals surface area contributed by atoms with Gasteiger partial charge in [-0.1, -0.05) is 84.9 Å². The number of hydrogen-bond donors (Lipinski definition) is 0. The molecule has 4 heteroatoms. The van der Waals surface area contributed by atoms with Crippen LogP contribution < -0.4 is 0 Å². The fourth-order valence-corrected chi connectivity index (χ4v) is 4.45. The lowest BCUT2D eigenvalue weighted by atomic mass is 10.0. The molecular weight excluding hydrogens is 392 g/mol. The standard InChI is InChI=1S/C28H14N4/c1-29-21-15-13-19-23-20(14-16-22(30-2)24(21)23)28-27(19)31-25(17-9-5-3-6-10-17)26(32-28)18-11-7-4-8-12-18/h3-16H. The molecule has 0 radical (unpaired) electrons. The summed E-state index contributed by atoms with van der Waals surface area (Å²) >= 11 is 0. The van der Waals surface area contributed by atoms with Gasteiger partial charge in [-0.2, -0.15) is 0 Å². The molecule has 146 valence electrons. The Balaban J connectivity index is 1.73. The van der Waals surface area contributed by atoms with Crippen LogP contribution in [-0.2, 0) is 0 Å². The summed E-state index contributed by atoms with van der Waals surface area (Å²) in [7, 11) is 0. The summed E-state index contributed by atoms with van der Waals surface area (Å²) in [6.07, 6.45) is 0. The highest BCUT2D eigenvalue weighted by atomic mass is 14.9. The van der Waals surface area contributed by atoms with Gasteiger partial charge in [0, 0.05) is 22.3 Å². The second-order valence-corrected chi connectivity index (χ2v) is 7.59. The molecule has 0 saturated carbocycles. The zero-order chi connectivity index (χ0) is 21.7. The molecule has 1 heterocycles. The molecule has 1 aliphatic carbocycles. The van der Waals surface area contributed by atoms with Gasteiger partial charge in [0.2, 0.25) is 0 Å². The van der Waals surface area contributed by atoms with Gasteiger partial charge in [0.15, 0.2) is 11.4 Å². The molecule has 0 saturated heterocycles. The second-order valence-electron chi connectivity index (χ2n) is 7.59. The first-order chi connectivity index (χ1) is 15.8. The van der Waals surface area contributed by atoms with E-state index in [2.05, 4.69) is 9.69 Å². The van der Waals surface area contributed by atoms with Gasteiger partial charge in [-0.25, -0.2) is 19.7 Å². The molecule has 0 aliphatic heterocycles. The fraction of sp³-hybridized carbons (Fsp3) is 0. The van der Waals surface area contributed by atoms with E-state index in [1.165, 1.54) is 0 Å². The summed E-state index contributed by atoms with van der Waals surface area (Å²) in [5.74, 6) is 0. The summed E-state index contributed by atoms with van der Waals surface area (Å²) < 4.78 is 0. The smallest absolute Gasteiger partial charge is 0.184 e. The first-order valence-corrected chi connectivity index (χ1v) is 10.2. The molecule has 0 unspecified atom stereocenters. The molecule has 0 bridgehead atoms. The van der Waals surface area contributed by atoms with E-state index in [1.54, 1.807) is 12.1 Å². The molecule has 0 atom stereocenters. The third-order valence-corrected chi connectivity index (χ3v) is 5.86. The van der Waals surface area contributed by atoms with Crippen LogP contribution in [0.3, 0.4) is 0 Å². The van der Waals surface area contributed by atoms with E-state index < -0.39 is 0 Å². The van der Waals surface area contributed by atoms with Crippen LogP contribution in [0.25, 0.3) is 65.5 Å². The maximum atomic E-state index is 7.60. The van der Waals surface area contributed by atoms with Crippen molar-refractivity contribution in [1.82, 2.24) is 9.97 Å². The number of hydrogen-bond acceptors (Lipinski definition) is 2. The quantitative estimate of drug-likeness (QED) is 0.276. The molecule has 0 fully saturated rings. The minimum Gasteiger partial charge on any atom is -0.243 e. The minimum absolute atomic E-state index is 0.482. The van der Waals surface area contributed by atoms with Crippen molar-refractivity contribution in [3.8, 4) is 45.0 Å². The van der Waals surface area contributed by atoms with E-state index in [1.807, 2.05) is 72.8 Å². The lowest BCUT2D eigenvalue weighted by Crippen LogP contribution is -1.97. The zero-order valence-corrected chi connectivity index (χ0v) is 16.9. The number of nitrogens with zero attached hydrogens (tertiary/aromatic N) is 4. The Bertz CT molecular complexity index is 1500. The number of benzene rings is 4. The first kappa shape index (κ1) is 18.0. The van der Waals surface area contributed by atoms with E-state index >= 15 is 0 Å². The van der Waals surface area contributed by atoms with Gasteiger partial charge in [0.25, 0.3) is 0 Å². The van der Waals surface area contributed by atoms with Crippen LogP contribution in [0.2, 0.25) is 0 Å². The van der Waals surface area contributed by atoms with Crippen LogP contribution >= 0.6 is 0 Å². The molecule has 1 aliphatic rings. The maximum Gasteiger partial charge on any atom is 0.184 e. The summed E-state index contributed by atoms with van der Waals surface area (Å²) in [6, 6.07) is 27.6. The monoisotopic (exact) mass is 406 g/mol. The Labute approximate surface area is 185 Å². The lowest BCUT2D eigenvalue weighted by molar-refractivity contribution is 1.23. The van der Waals surface area contributed by atoms with Gasteiger partial charge in [-0.05, 0) is 10.8 Å². The topological polar surface area (TPSA) is 34.5 Å². The fourth-order valence-electron chi connectivity index (χ4n) is 4.45. The van der Waals surface area contributed by atoms with Gasteiger partial charge in [0.05, 0.1) is 35.9 Å². The van der Waals surface area contributed by atoms with Crippen molar-refractivity contribution in [1.29, 1.82) is 0 Å².